The van der Waals surface area contributed by atoms with E-state index in [-0.39, 0.29) is 10.9 Å². The molecule has 118 valence electrons. The van der Waals surface area contributed by atoms with Gasteiger partial charge in [-0.2, -0.15) is 4.31 Å². The zero-order valence-corrected chi connectivity index (χ0v) is 13.7. The van der Waals surface area contributed by atoms with Crippen molar-refractivity contribution in [3.63, 3.8) is 0 Å². The number of hydrogen-bond donors (Lipinski definition) is 1. The van der Waals surface area contributed by atoms with Crippen LogP contribution in [0.25, 0.3) is 0 Å². The summed E-state index contributed by atoms with van der Waals surface area (Å²) in [6.07, 6.45) is 2.13. The number of benzene rings is 1. The van der Waals surface area contributed by atoms with Crippen molar-refractivity contribution in [3.8, 4) is 5.75 Å². The van der Waals surface area contributed by atoms with Crippen molar-refractivity contribution in [3.05, 3.63) is 23.8 Å². The first kappa shape index (κ1) is 16.3. The second-order valence-corrected chi connectivity index (χ2v) is 7.31. The molecule has 1 aromatic rings. The summed E-state index contributed by atoms with van der Waals surface area (Å²) in [5.74, 6) is 0.401. The first-order valence-corrected chi connectivity index (χ1v) is 8.81. The molecule has 0 aliphatic carbocycles. The summed E-state index contributed by atoms with van der Waals surface area (Å²) in [5, 5.41) is 3.35. The first-order chi connectivity index (χ1) is 9.98. The number of nitrogens with one attached hydrogen (secondary N) is 1. The lowest BCUT2D eigenvalue weighted by molar-refractivity contribution is 0.373. The highest BCUT2D eigenvalue weighted by Crippen LogP contribution is 2.28. The molecule has 0 bridgehead atoms. The number of sulfonamides is 1. The maximum Gasteiger partial charge on any atom is 0.246 e. The predicted octanol–water partition coefficient (Wildman–Crippen LogP) is 1.77. The van der Waals surface area contributed by atoms with Gasteiger partial charge < -0.3 is 10.1 Å². The van der Waals surface area contributed by atoms with E-state index in [0.717, 1.165) is 24.9 Å². The molecule has 2 rings (SSSR count). The largest absolute Gasteiger partial charge is 0.495 e. The number of rotatable bonds is 6. The summed E-state index contributed by atoms with van der Waals surface area (Å²) in [6, 6.07) is 5.49. The van der Waals surface area contributed by atoms with Crippen LogP contribution in [0.2, 0.25) is 0 Å². The average molecular weight is 312 g/mol. The van der Waals surface area contributed by atoms with Gasteiger partial charge in [-0.15, -0.1) is 0 Å². The summed E-state index contributed by atoms with van der Waals surface area (Å²) in [6.45, 7) is 5.69. The summed E-state index contributed by atoms with van der Waals surface area (Å²) in [7, 11) is -2.04. The number of likely N-dealkylation sites (N-methyl/N-ethyl adjacent to an activating group) is 1. The second-order valence-electron chi connectivity index (χ2n) is 5.40. The lowest BCUT2D eigenvalue weighted by Gasteiger charge is -2.24. The zero-order chi connectivity index (χ0) is 15.5. The van der Waals surface area contributed by atoms with E-state index in [1.54, 1.807) is 12.1 Å². The van der Waals surface area contributed by atoms with Crippen LogP contribution in [0.5, 0.6) is 5.75 Å². The number of ether oxygens (including phenoxy) is 1. The van der Waals surface area contributed by atoms with Gasteiger partial charge in [-0.1, -0.05) is 13.0 Å². The van der Waals surface area contributed by atoms with E-state index in [9.17, 15) is 8.42 Å². The van der Waals surface area contributed by atoms with Gasteiger partial charge >= 0.3 is 0 Å². The Bertz CT molecular complexity index is 581. The van der Waals surface area contributed by atoms with E-state index < -0.39 is 10.0 Å². The molecule has 0 amide bonds. The van der Waals surface area contributed by atoms with Crippen molar-refractivity contribution in [2.75, 3.05) is 26.7 Å². The van der Waals surface area contributed by atoms with Crippen molar-refractivity contribution >= 4 is 10.0 Å². The minimum Gasteiger partial charge on any atom is -0.495 e. The van der Waals surface area contributed by atoms with E-state index in [2.05, 4.69) is 5.32 Å². The Kier molecular flexibility index (Phi) is 5.24. The highest BCUT2D eigenvalue weighted by molar-refractivity contribution is 7.89. The van der Waals surface area contributed by atoms with Crippen LogP contribution in [0, 0.1) is 6.92 Å². The number of methoxy groups -OCH3 is 1. The Morgan fingerprint density at radius 1 is 1.43 bits per heavy atom. The fraction of sp³-hybridized carbons (Fsp3) is 0.600. The predicted molar refractivity (Wildman–Crippen MR) is 83.2 cm³/mol. The SMILES string of the molecule is CCN(CC1CCCN1)S(=O)(=O)c1cc(C)ccc1OC. The summed E-state index contributed by atoms with van der Waals surface area (Å²) in [5.41, 5.74) is 0.907. The van der Waals surface area contributed by atoms with Crippen molar-refractivity contribution in [1.29, 1.82) is 0 Å². The van der Waals surface area contributed by atoms with Crippen LogP contribution < -0.4 is 10.1 Å². The van der Waals surface area contributed by atoms with Gasteiger partial charge in [-0.05, 0) is 44.0 Å². The molecule has 1 fully saturated rings. The van der Waals surface area contributed by atoms with Gasteiger partial charge in [-0.25, -0.2) is 8.42 Å². The highest BCUT2D eigenvalue weighted by atomic mass is 32.2. The quantitative estimate of drug-likeness (QED) is 0.870. The normalized spacial score (nSPS) is 19.1. The molecular formula is C15H24N2O3S. The molecule has 0 saturated carbocycles. The Hall–Kier alpha value is -1.11. The number of aryl methyl sites for hydroxylation is 1. The van der Waals surface area contributed by atoms with Gasteiger partial charge in [0, 0.05) is 19.1 Å². The van der Waals surface area contributed by atoms with Crippen LogP contribution in [-0.4, -0.2) is 45.5 Å². The smallest absolute Gasteiger partial charge is 0.246 e. The minimum atomic E-state index is -3.54. The van der Waals surface area contributed by atoms with Crippen LogP contribution in [0.3, 0.4) is 0 Å². The molecule has 1 N–H and O–H groups in total. The highest BCUT2D eigenvalue weighted by Gasteiger charge is 2.29. The number of hydrogen-bond acceptors (Lipinski definition) is 4. The van der Waals surface area contributed by atoms with Crippen molar-refractivity contribution in [2.45, 2.75) is 37.6 Å². The van der Waals surface area contributed by atoms with Crippen molar-refractivity contribution < 1.29 is 13.2 Å². The van der Waals surface area contributed by atoms with Gasteiger partial charge in [0.2, 0.25) is 10.0 Å². The fourth-order valence-electron chi connectivity index (χ4n) is 2.68. The zero-order valence-electron chi connectivity index (χ0n) is 12.9. The first-order valence-electron chi connectivity index (χ1n) is 7.37. The number of nitrogens with zero attached hydrogens (tertiary/aromatic N) is 1. The van der Waals surface area contributed by atoms with Gasteiger partial charge in [-0.3, -0.25) is 0 Å². The van der Waals surface area contributed by atoms with Gasteiger partial charge in [0.05, 0.1) is 7.11 Å². The molecule has 5 nitrogen and oxygen atoms in total. The Morgan fingerprint density at radius 3 is 2.76 bits per heavy atom. The Morgan fingerprint density at radius 2 is 2.19 bits per heavy atom. The topological polar surface area (TPSA) is 58.6 Å². The van der Waals surface area contributed by atoms with E-state index in [1.807, 2.05) is 19.9 Å². The minimum absolute atomic E-state index is 0.246. The van der Waals surface area contributed by atoms with Crippen LogP contribution >= 0.6 is 0 Å². The van der Waals surface area contributed by atoms with Gasteiger partial charge in [0.1, 0.15) is 10.6 Å². The van der Waals surface area contributed by atoms with Crippen LogP contribution in [0.4, 0.5) is 0 Å². The third kappa shape index (κ3) is 3.56. The molecule has 0 spiro atoms. The maximum atomic E-state index is 12.9. The van der Waals surface area contributed by atoms with E-state index in [4.69, 9.17) is 4.74 Å². The van der Waals surface area contributed by atoms with E-state index in [1.165, 1.54) is 11.4 Å². The molecule has 21 heavy (non-hydrogen) atoms. The van der Waals surface area contributed by atoms with Crippen molar-refractivity contribution in [2.24, 2.45) is 0 Å². The molecule has 0 radical (unpaired) electrons. The maximum absolute atomic E-state index is 12.9. The molecule has 1 aromatic carbocycles. The molecule has 1 aliphatic heterocycles. The Balaban J connectivity index is 2.32. The lowest BCUT2D eigenvalue weighted by atomic mass is 10.2. The molecule has 1 heterocycles. The fourth-order valence-corrected chi connectivity index (χ4v) is 4.41. The molecular weight excluding hydrogens is 288 g/mol. The summed E-state index contributed by atoms with van der Waals surface area (Å²) < 4.78 is 32.6. The van der Waals surface area contributed by atoms with Gasteiger partial charge in [0.25, 0.3) is 0 Å². The summed E-state index contributed by atoms with van der Waals surface area (Å²) in [4.78, 5) is 0.254. The molecule has 1 atom stereocenters. The molecule has 1 saturated heterocycles. The third-order valence-electron chi connectivity index (χ3n) is 3.88. The standard InChI is InChI=1S/C15H24N2O3S/c1-4-17(11-13-6-5-9-16-13)21(18,19)15-10-12(2)7-8-14(15)20-3/h7-8,10,13,16H,4-6,9,11H2,1-3H3. The average Bonchev–Trinajstić information content (AvgIpc) is 2.97. The Labute approximate surface area is 127 Å². The second kappa shape index (κ2) is 6.77. The van der Waals surface area contributed by atoms with E-state index >= 15 is 0 Å². The van der Waals surface area contributed by atoms with Gasteiger partial charge in [0.15, 0.2) is 0 Å². The van der Waals surface area contributed by atoms with Crippen LogP contribution in [0.1, 0.15) is 25.3 Å². The molecule has 6 heteroatoms. The lowest BCUT2D eigenvalue weighted by Crippen LogP contribution is -2.41. The third-order valence-corrected chi connectivity index (χ3v) is 5.84. The van der Waals surface area contributed by atoms with Crippen molar-refractivity contribution in [1.82, 2.24) is 9.62 Å². The van der Waals surface area contributed by atoms with Crippen LogP contribution in [-0.2, 0) is 10.0 Å². The summed E-state index contributed by atoms with van der Waals surface area (Å²) >= 11 is 0. The van der Waals surface area contributed by atoms with E-state index in [0.29, 0.717) is 18.8 Å². The molecule has 0 aromatic heterocycles. The molecule has 1 unspecified atom stereocenters. The monoisotopic (exact) mass is 312 g/mol. The van der Waals surface area contributed by atoms with Crippen LogP contribution in [0.15, 0.2) is 23.1 Å². The molecule has 1 aliphatic rings.